The van der Waals surface area contributed by atoms with Crippen LogP contribution >= 0.6 is 0 Å². The molecule has 8 heteroatoms. The Morgan fingerprint density at radius 3 is 2.10 bits per heavy atom. The van der Waals surface area contributed by atoms with Crippen molar-refractivity contribution < 1.29 is 18.8 Å². The third-order valence-corrected chi connectivity index (χ3v) is 4.71. The Balaban J connectivity index is 1.37. The van der Waals surface area contributed by atoms with Crippen LogP contribution in [0.25, 0.3) is 0 Å². The maximum Gasteiger partial charge on any atom is 0.315 e. The fourth-order valence-corrected chi connectivity index (χ4v) is 3.04. The number of nitrogens with zero attached hydrogens (tertiary/aromatic N) is 2. The van der Waals surface area contributed by atoms with E-state index in [0.29, 0.717) is 31.7 Å². The Hall–Kier alpha value is -3.42. The summed E-state index contributed by atoms with van der Waals surface area (Å²) in [6.07, 6.45) is 0. The van der Waals surface area contributed by atoms with E-state index in [1.807, 2.05) is 18.2 Å². The molecule has 29 heavy (non-hydrogen) atoms. The first-order valence-corrected chi connectivity index (χ1v) is 9.41. The molecule has 7 nitrogen and oxygen atoms in total. The quantitative estimate of drug-likeness (QED) is 0.803. The van der Waals surface area contributed by atoms with E-state index in [4.69, 9.17) is 0 Å². The predicted octanol–water partition coefficient (Wildman–Crippen LogP) is 1.61. The lowest BCUT2D eigenvalue weighted by molar-refractivity contribution is -0.131. The second-order valence-electron chi connectivity index (χ2n) is 6.70. The maximum absolute atomic E-state index is 12.9. The van der Waals surface area contributed by atoms with Crippen molar-refractivity contribution in [2.45, 2.75) is 6.54 Å². The van der Waals surface area contributed by atoms with E-state index in [-0.39, 0.29) is 30.7 Å². The van der Waals surface area contributed by atoms with Crippen molar-refractivity contribution in [2.24, 2.45) is 0 Å². The number of carbonyl (C=O) groups is 3. The monoisotopic (exact) mass is 398 g/mol. The van der Waals surface area contributed by atoms with Gasteiger partial charge in [0, 0.05) is 38.3 Å². The van der Waals surface area contributed by atoms with Crippen LogP contribution in [0.4, 0.5) is 9.18 Å². The Morgan fingerprint density at radius 2 is 1.45 bits per heavy atom. The number of rotatable bonds is 5. The first-order valence-electron chi connectivity index (χ1n) is 9.41. The van der Waals surface area contributed by atoms with Gasteiger partial charge in [-0.3, -0.25) is 9.59 Å². The Kier molecular flexibility index (Phi) is 6.78. The summed E-state index contributed by atoms with van der Waals surface area (Å²) in [6.45, 7) is 1.88. The highest BCUT2D eigenvalue weighted by molar-refractivity contribution is 5.94. The van der Waals surface area contributed by atoms with Crippen LogP contribution in [0.5, 0.6) is 0 Å². The van der Waals surface area contributed by atoms with Crippen molar-refractivity contribution in [3.05, 3.63) is 71.5 Å². The van der Waals surface area contributed by atoms with Gasteiger partial charge in [0.05, 0.1) is 6.54 Å². The van der Waals surface area contributed by atoms with Gasteiger partial charge in [-0.05, 0) is 29.8 Å². The van der Waals surface area contributed by atoms with Gasteiger partial charge in [-0.1, -0.05) is 30.3 Å². The number of halogens is 1. The van der Waals surface area contributed by atoms with Crippen LogP contribution in [-0.4, -0.2) is 60.4 Å². The van der Waals surface area contributed by atoms with Crippen LogP contribution in [0.3, 0.4) is 0 Å². The molecule has 1 aliphatic rings. The second-order valence-corrected chi connectivity index (χ2v) is 6.70. The molecule has 0 aliphatic carbocycles. The van der Waals surface area contributed by atoms with Crippen molar-refractivity contribution >= 4 is 17.8 Å². The summed E-state index contributed by atoms with van der Waals surface area (Å²) in [4.78, 5) is 39.9. The summed E-state index contributed by atoms with van der Waals surface area (Å²) in [5.41, 5.74) is 1.39. The van der Waals surface area contributed by atoms with Gasteiger partial charge in [0.15, 0.2) is 0 Å². The summed E-state index contributed by atoms with van der Waals surface area (Å²) in [7, 11) is 0. The highest BCUT2D eigenvalue weighted by Crippen LogP contribution is 2.09. The third-order valence-electron chi connectivity index (χ3n) is 4.71. The van der Waals surface area contributed by atoms with E-state index in [0.717, 1.165) is 5.56 Å². The van der Waals surface area contributed by atoms with Crippen LogP contribution < -0.4 is 10.6 Å². The molecule has 0 unspecified atom stereocenters. The SMILES string of the molecule is O=C(NCC(=O)N1CCN(C(=O)c2ccccc2)CC1)NCc1ccc(F)cc1. The molecule has 1 heterocycles. The molecule has 0 atom stereocenters. The number of benzene rings is 2. The minimum atomic E-state index is -0.472. The Labute approximate surface area is 168 Å². The first-order chi connectivity index (χ1) is 14.0. The highest BCUT2D eigenvalue weighted by Gasteiger charge is 2.24. The van der Waals surface area contributed by atoms with Gasteiger partial charge in [0.2, 0.25) is 5.91 Å². The fraction of sp³-hybridized carbons (Fsp3) is 0.286. The van der Waals surface area contributed by atoms with Crippen molar-refractivity contribution in [1.29, 1.82) is 0 Å². The molecule has 0 saturated carbocycles. The first kappa shape index (κ1) is 20.3. The lowest BCUT2D eigenvalue weighted by atomic mass is 10.2. The van der Waals surface area contributed by atoms with E-state index < -0.39 is 6.03 Å². The molecular formula is C21H23FN4O3. The molecule has 152 valence electrons. The van der Waals surface area contributed by atoms with E-state index in [1.54, 1.807) is 34.1 Å². The number of hydrogen-bond donors (Lipinski definition) is 2. The minimum Gasteiger partial charge on any atom is -0.338 e. The molecule has 0 bridgehead atoms. The highest BCUT2D eigenvalue weighted by atomic mass is 19.1. The van der Waals surface area contributed by atoms with E-state index in [2.05, 4.69) is 10.6 Å². The van der Waals surface area contributed by atoms with E-state index in [1.165, 1.54) is 12.1 Å². The van der Waals surface area contributed by atoms with E-state index >= 15 is 0 Å². The zero-order chi connectivity index (χ0) is 20.6. The van der Waals surface area contributed by atoms with E-state index in [9.17, 15) is 18.8 Å². The molecule has 0 spiro atoms. The molecule has 1 fully saturated rings. The largest absolute Gasteiger partial charge is 0.338 e. The summed E-state index contributed by atoms with van der Waals surface area (Å²) >= 11 is 0. The van der Waals surface area contributed by atoms with Crippen LogP contribution in [0, 0.1) is 5.82 Å². The molecule has 4 amide bonds. The number of carbonyl (C=O) groups excluding carboxylic acids is 3. The summed E-state index contributed by atoms with van der Waals surface area (Å²) < 4.78 is 12.9. The zero-order valence-electron chi connectivity index (χ0n) is 15.9. The van der Waals surface area contributed by atoms with Crippen LogP contribution in [0.1, 0.15) is 15.9 Å². The Bertz CT molecular complexity index is 850. The molecule has 1 saturated heterocycles. The smallest absolute Gasteiger partial charge is 0.315 e. The molecule has 2 N–H and O–H groups in total. The molecule has 2 aromatic carbocycles. The normalized spacial score (nSPS) is 13.7. The number of hydrogen-bond acceptors (Lipinski definition) is 3. The van der Waals surface area contributed by atoms with Gasteiger partial charge in [-0.15, -0.1) is 0 Å². The van der Waals surface area contributed by atoms with Gasteiger partial charge in [0.25, 0.3) is 5.91 Å². The lowest BCUT2D eigenvalue weighted by Crippen LogP contribution is -2.53. The fourth-order valence-electron chi connectivity index (χ4n) is 3.04. The zero-order valence-corrected chi connectivity index (χ0v) is 15.9. The average molecular weight is 398 g/mol. The molecule has 1 aliphatic heterocycles. The van der Waals surface area contributed by atoms with Crippen molar-refractivity contribution in [3.63, 3.8) is 0 Å². The van der Waals surface area contributed by atoms with Crippen molar-refractivity contribution in [3.8, 4) is 0 Å². The van der Waals surface area contributed by atoms with Crippen LogP contribution in [0.15, 0.2) is 54.6 Å². The molecule has 2 aromatic rings. The number of nitrogens with one attached hydrogen (secondary N) is 2. The molecule has 0 aromatic heterocycles. The maximum atomic E-state index is 12.9. The van der Waals surface area contributed by atoms with Gasteiger partial charge < -0.3 is 20.4 Å². The number of urea groups is 1. The predicted molar refractivity (Wildman–Crippen MR) is 106 cm³/mol. The van der Waals surface area contributed by atoms with Gasteiger partial charge >= 0.3 is 6.03 Å². The van der Waals surface area contributed by atoms with Gasteiger partial charge in [0.1, 0.15) is 5.82 Å². The van der Waals surface area contributed by atoms with Crippen molar-refractivity contribution in [2.75, 3.05) is 32.7 Å². The summed E-state index contributed by atoms with van der Waals surface area (Å²) in [5, 5.41) is 5.15. The second kappa shape index (κ2) is 9.68. The standard InChI is InChI=1S/C21H23FN4O3/c22-18-8-6-16(7-9-18)14-23-21(29)24-15-19(27)25-10-12-26(13-11-25)20(28)17-4-2-1-3-5-17/h1-9H,10-15H2,(H2,23,24,29). The third kappa shape index (κ3) is 5.78. The summed E-state index contributed by atoms with van der Waals surface area (Å²) in [5.74, 6) is -0.584. The number of amides is 4. The minimum absolute atomic E-state index is 0.0454. The molecular weight excluding hydrogens is 375 g/mol. The Morgan fingerprint density at radius 1 is 0.828 bits per heavy atom. The van der Waals surface area contributed by atoms with Crippen LogP contribution in [-0.2, 0) is 11.3 Å². The van der Waals surface area contributed by atoms with Crippen LogP contribution in [0.2, 0.25) is 0 Å². The average Bonchev–Trinajstić information content (AvgIpc) is 2.77. The lowest BCUT2D eigenvalue weighted by Gasteiger charge is -2.34. The topological polar surface area (TPSA) is 81.8 Å². The summed E-state index contributed by atoms with van der Waals surface area (Å²) in [6, 6.07) is 14.4. The van der Waals surface area contributed by atoms with Gasteiger partial charge in [-0.25, -0.2) is 9.18 Å². The molecule has 0 radical (unpaired) electrons. The molecule has 3 rings (SSSR count). The van der Waals surface area contributed by atoms with Crippen molar-refractivity contribution in [1.82, 2.24) is 20.4 Å². The number of piperazine rings is 1. The van der Waals surface area contributed by atoms with Gasteiger partial charge in [-0.2, -0.15) is 0 Å².